The predicted molar refractivity (Wildman–Crippen MR) is 143 cm³/mol. The van der Waals surface area contributed by atoms with E-state index in [1.807, 2.05) is 13.8 Å². The van der Waals surface area contributed by atoms with Crippen molar-refractivity contribution in [3.8, 4) is 0 Å². The van der Waals surface area contributed by atoms with E-state index in [4.69, 9.17) is 0 Å². The van der Waals surface area contributed by atoms with Gasteiger partial charge in [-0.2, -0.15) is 0 Å². The molecule has 2 aliphatic rings. The second-order valence-electron chi connectivity index (χ2n) is 8.25. The molecular weight excluding hydrogens is 386 g/mol. The fourth-order valence-corrected chi connectivity index (χ4v) is 3.78. The fraction of sp³-hybridized carbons (Fsp3) is 0.290. The van der Waals surface area contributed by atoms with Gasteiger partial charge in [0.05, 0.1) is 6.04 Å². The summed E-state index contributed by atoms with van der Waals surface area (Å²) in [6.07, 6.45) is 30.5. The summed E-state index contributed by atoms with van der Waals surface area (Å²) in [5.74, 6) is 0.769. The maximum Gasteiger partial charge on any atom is 0.0553 e. The van der Waals surface area contributed by atoms with E-state index in [9.17, 15) is 0 Å². The van der Waals surface area contributed by atoms with Crippen LogP contribution in [0.4, 0.5) is 0 Å². The molecule has 1 aromatic carbocycles. The molecule has 32 heavy (non-hydrogen) atoms. The number of hydrogen-bond donors (Lipinski definition) is 0. The van der Waals surface area contributed by atoms with Crippen LogP contribution >= 0.6 is 0 Å². The predicted octanol–water partition coefficient (Wildman–Crippen LogP) is 8.80. The van der Waals surface area contributed by atoms with Crippen LogP contribution in [-0.2, 0) is 0 Å². The van der Waals surface area contributed by atoms with Gasteiger partial charge in [0.25, 0.3) is 0 Å². The van der Waals surface area contributed by atoms with Crippen molar-refractivity contribution in [2.24, 2.45) is 5.92 Å². The molecule has 0 heterocycles. The zero-order valence-electron chi connectivity index (χ0n) is 20.4. The zero-order chi connectivity index (χ0) is 23.2. The van der Waals surface area contributed by atoms with E-state index in [1.165, 1.54) is 29.0 Å². The van der Waals surface area contributed by atoms with Crippen LogP contribution in [0, 0.1) is 5.92 Å². The van der Waals surface area contributed by atoms with Gasteiger partial charge in [0.1, 0.15) is 0 Å². The van der Waals surface area contributed by atoms with Crippen molar-refractivity contribution in [3.63, 3.8) is 0 Å². The van der Waals surface area contributed by atoms with Crippen molar-refractivity contribution >= 4 is 5.57 Å². The van der Waals surface area contributed by atoms with Crippen LogP contribution in [0.5, 0.6) is 0 Å². The molecule has 1 aromatic rings. The maximum absolute atomic E-state index is 2.41. The van der Waals surface area contributed by atoms with E-state index in [0.29, 0.717) is 6.04 Å². The minimum atomic E-state index is 0.343. The summed E-state index contributed by atoms with van der Waals surface area (Å²) in [7, 11) is 0. The van der Waals surface area contributed by atoms with Crippen molar-refractivity contribution in [2.75, 3.05) is 0 Å². The molecule has 0 aliphatic heterocycles. The Morgan fingerprint density at radius 3 is 1.97 bits per heavy atom. The number of hydrogen-bond acceptors (Lipinski definition) is 1. The lowest BCUT2D eigenvalue weighted by molar-refractivity contribution is 0.363. The molecule has 0 N–H and O–H groups in total. The molecule has 0 bridgehead atoms. The monoisotopic (exact) mass is 425 g/mol. The highest BCUT2D eigenvalue weighted by molar-refractivity contribution is 5.75. The summed E-state index contributed by atoms with van der Waals surface area (Å²) < 4.78 is 0. The van der Waals surface area contributed by atoms with E-state index in [-0.39, 0.29) is 0 Å². The molecule has 1 nitrogen and oxygen atoms in total. The van der Waals surface area contributed by atoms with Crippen molar-refractivity contribution in [2.45, 2.75) is 53.5 Å². The molecule has 0 aromatic heterocycles. The van der Waals surface area contributed by atoms with Crippen LogP contribution in [0.25, 0.3) is 5.57 Å². The highest BCUT2D eigenvalue weighted by Crippen LogP contribution is 2.28. The Hall–Kier alpha value is -3.06. The van der Waals surface area contributed by atoms with Gasteiger partial charge in [-0.05, 0) is 69.7 Å². The molecule has 2 aliphatic carbocycles. The van der Waals surface area contributed by atoms with Crippen LogP contribution in [-0.4, -0.2) is 10.9 Å². The number of allylic oxidation sites excluding steroid dienone is 14. The third-order valence-corrected chi connectivity index (χ3v) is 5.53. The van der Waals surface area contributed by atoms with Crippen LogP contribution in [0.2, 0.25) is 0 Å². The van der Waals surface area contributed by atoms with Crippen molar-refractivity contribution < 1.29 is 0 Å². The number of rotatable bonds is 6. The lowest BCUT2D eigenvalue weighted by Crippen LogP contribution is -2.31. The van der Waals surface area contributed by atoms with Gasteiger partial charge in [-0.1, -0.05) is 104 Å². The Kier molecular flexibility index (Phi) is 11.1. The molecule has 0 radical (unpaired) electrons. The fourth-order valence-electron chi connectivity index (χ4n) is 3.78. The number of benzene rings is 1. The first-order valence-electron chi connectivity index (χ1n) is 11.7. The summed E-state index contributed by atoms with van der Waals surface area (Å²) in [5.41, 5.74) is 5.10. The minimum absolute atomic E-state index is 0.343. The Balaban J connectivity index is 0.000000439. The first kappa shape index (κ1) is 25.2. The van der Waals surface area contributed by atoms with Crippen LogP contribution in [0.1, 0.15) is 53.0 Å². The normalized spacial score (nSPS) is 21.0. The third-order valence-electron chi connectivity index (χ3n) is 5.53. The average Bonchev–Trinajstić information content (AvgIpc) is 2.83. The molecule has 3 rings (SSSR count). The van der Waals surface area contributed by atoms with Gasteiger partial charge in [0, 0.05) is 11.4 Å². The Morgan fingerprint density at radius 2 is 1.53 bits per heavy atom. The highest BCUT2D eigenvalue weighted by atomic mass is 15.2. The first-order chi connectivity index (χ1) is 15.6. The number of nitrogens with zero attached hydrogens (tertiary/aromatic N) is 1. The first-order valence-corrected chi connectivity index (χ1v) is 11.7. The quantitative estimate of drug-likeness (QED) is 0.412. The summed E-state index contributed by atoms with van der Waals surface area (Å²) in [4.78, 5) is 2.41. The Labute approximate surface area is 196 Å². The molecule has 168 valence electrons. The van der Waals surface area contributed by atoms with Crippen molar-refractivity contribution in [1.82, 2.24) is 4.90 Å². The van der Waals surface area contributed by atoms with Gasteiger partial charge in [0.2, 0.25) is 0 Å². The molecule has 1 heteroatoms. The second-order valence-corrected chi connectivity index (χ2v) is 8.25. The Morgan fingerprint density at radius 1 is 0.875 bits per heavy atom. The van der Waals surface area contributed by atoms with Gasteiger partial charge < -0.3 is 4.90 Å². The summed E-state index contributed by atoms with van der Waals surface area (Å²) in [6, 6.07) is 10.9. The van der Waals surface area contributed by atoms with Gasteiger partial charge >= 0.3 is 0 Å². The molecule has 2 atom stereocenters. The molecule has 0 saturated carbocycles. The standard InChI is InChI=1S/C24H29N.C7H10/c1-5-7-12-20(3)25(21(4)13-8-6-2)24-18-16-23(17-19-24)22-14-10-9-11-15-22;1-7-5-3-2-4-6-7/h5-18,24H,19H2,1-4H3;2-5,7H,6H2,1H3/b7-5-,8-6-,20-12+,21-13+;. The summed E-state index contributed by atoms with van der Waals surface area (Å²) >= 11 is 0. The van der Waals surface area contributed by atoms with Gasteiger partial charge in [0.15, 0.2) is 0 Å². The van der Waals surface area contributed by atoms with Gasteiger partial charge in [-0.3, -0.25) is 0 Å². The zero-order valence-corrected chi connectivity index (χ0v) is 20.4. The van der Waals surface area contributed by atoms with E-state index < -0.39 is 0 Å². The second kappa shape index (κ2) is 14.1. The van der Waals surface area contributed by atoms with E-state index in [0.717, 1.165) is 12.3 Å². The van der Waals surface area contributed by atoms with E-state index in [1.54, 1.807) is 0 Å². The molecule has 0 spiro atoms. The van der Waals surface area contributed by atoms with Crippen LogP contribution in [0.3, 0.4) is 0 Å². The SMILES string of the molecule is C/C=C\C=C(/C)N(/C(C)=C/C=C\C)C1C=CC(c2ccccc2)=CC1.CC1C=CC=CC1. The molecule has 0 saturated heterocycles. The molecular formula is C31H39N. The van der Waals surface area contributed by atoms with Crippen molar-refractivity contribution in [1.29, 1.82) is 0 Å². The summed E-state index contributed by atoms with van der Waals surface area (Å²) in [5, 5.41) is 0. The smallest absolute Gasteiger partial charge is 0.0553 e. The highest BCUT2D eigenvalue weighted by Gasteiger charge is 2.19. The van der Waals surface area contributed by atoms with Crippen LogP contribution < -0.4 is 0 Å². The molecule has 0 fully saturated rings. The van der Waals surface area contributed by atoms with E-state index in [2.05, 4.69) is 135 Å². The van der Waals surface area contributed by atoms with Gasteiger partial charge in [-0.15, -0.1) is 0 Å². The summed E-state index contributed by atoms with van der Waals surface area (Å²) in [6.45, 7) is 10.7. The Bertz CT molecular complexity index is 904. The maximum atomic E-state index is 2.41. The van der Waals surface area contributed by atoms with E-state index >= 15 is 0 Å². The third kappa shape index (κ3) is 8.23. The molecule has 2 unspecified atom stereocenters. The topological polar surface area (TPSA) is 3.24 Å². The molecule has 0 amide bonds. The van der Waals surface area contributed by atoms with Crippen LogP contribution in [0.15, 0.2) is 121 Å². The lowest BCUT2D eigenvalue weighted by atomic mass is 9.96. The average molecular weight is 426 g/mol. The lowest BCUT2D eigenvalue weighted by Gasteiger charge is -2.34. The minimum Gasteiger partial charge on any atom is -0.342 e. The largest absolute Gasteiger partial charge is 0.342 e. The van der Waals surface area contributed by atoms with Crippen molar-refractivity contribution in [3.05, 3.63) is 126 Å². The van der Waals surface area contributed by atoms with Gasteiger partial charge in [-0.25, -0.2) is 0 Å².